The summed E-state index contributed by atoms with van der Waals surface area (Å²) in [5.74, 6) is -4.16. The van der Waals surface area contributed by atoms with Crippen molar-refractivity contribution in [3.8, 4) is 0 Å². The lowest BCUT2D eigenvalue weighted by atomic mass is 10.2. The zero-order valence-electron chi connectivity index (χ0n) is 10.4. The van der Waals surface area contributed by atoms with E-state index < -0.39 is 23.5 Å². The van der Waals surface area contributed by atoms with Crippen LogP contribution in [0, 0.1) is 17.5 Å². The molecule has 1 aliphatic heterocycles. The summed E-state index contributed by atoms with van der Waals surface area (Å²) in [5.41, 5.74) is -0.0781. The maximum absolute atomic E-state index is 13.0. The predicted molar refractivity (Wildman–Crippen MR) is 65.4 cm³/mol. The highest BCUT2D eigenvalue weighted by Gasteiger charge is 2.17. The number of nitrogens with zero attached hydrogens (tertiary/aromatic N) is 1. The Kier molecular flexibility index (Phi) is 4.29. The Morgan fingerprint density at radius 3 is 2.05 bits per heavy atom. The molecule has 0 bridgehead atoms. The fourth-order valence-corrected chi connectivity index (χ4v) is 2.10. The van der Waals surface area contributed by atoms with Crippen LogP contribution in [0.1, 0.15) is 25.7 Å². The fraction of sp³-hybridized carbons (Fsp3) is 0.462. The summed E-state index contributed by atoms with van der Waals surface area (Å²) in [5, 5.41) is 2.39. The molecule has 0 atom stereocenters. The number of benzene rings is 1. The molecule has 0 radical (unpaired) electrons. The molecular formula is C13H15F3N2O. The molecule has 3 nitrogen and oxygen atoms in total. The van der Waals surface area contributed by atoms with Crippen LogP contribution in [0.4, 0.5) is 23.7 Å². The fourth-order valence-electron chi connectivity index (χ4n) is 2.10. The van der Waals surface area contributed by atoms with Gasteiger partial charge in [-0.2, -0.15) is 0 Å². The number of carbonyl (C=O) groups excluding carboxylic acids is 1. The molecule has 104 valence electrons. The largest absolute Gasteiger partial charge is 0.325 e. The number of rotatable bonds is 1. The van der Waals surface area contributed by atoms with Gasteiger partial charge in [0.25, 0.3) is 0 Å². The van der Waals surface area contributed by atoms with Crippen molar-refractivity contribution in [3.63, 3.8) is 0 Å². The van der Waals surface area contributed by atoms with Crippen LogP contribution < -0.4 is 5.32 Å². The first-order chi connectivity index (χ1) is 9.08. The van der Waals surface area contributed by atoms with E-state index in [1.165, 1.54) is 0 Å². The van der Waals surface area contributed by atoms with Crippen molar-refractivity contribution in [2.45, 2.75) is 25.7 Å². The highest BCUT2D eigenvalue weighted by molar-refractivity contribution is 5.89. The van der Waals surface area contributed by atoms with E-state index in [0.29, 0.717) is 13.1 Å². The lowest BCUT2D eigenvalue weighted by Crippen LogP contribution is -2.35. The van der Waals surface area contributed by atoms with Crippen LogP contribution >= 0.6 is 0 Å². The quantitative estimate of drug-likeness (QED) is 0.779. The van der Waals surface area contributed by atoms with Gasteiger partial charge in [-0.1, -0.05) is 12.8 Å². The molecule has 1 aliphatic rings. The molecule has 1 aromatic rings. The first-order valence-corrected chi connectivity index (χ1v) is 6.28. The zero-order chi connectivity index (χ0) is 13.8. The molecule has 1 saturated heterocycles. The Hall–Kier alpha value is -1.72. The van der Waals surface area contributed by atoms with Crippen LogP contribution in [0.5, 0.6) is 0 Å². The number of nitrogens with one attached hydrogen (secondary N) is 1. The van der Waals surface area contributed by atoms with Gasteiger partial charge in [0.1, 0.15) is 0 Å². The van der Waals surface area contributed by atoms with E-state index in [1.807, 2.05) is 0 Å². The molecule has 1 fully saturated rings. The Morgan fingerprint density at radius 1 is 1.00 bits per heavy atom. The molecule has 2 amide bonds. The number of urea groups is 1. The van der Waals surface area contributed by atoms with Crippen LogP contribution in [-0.4, -0.2) is 24.0 Å². The first kappa shape index (κ1) is 13.7. The number of halogens is 3. The summed E-state index contributed by atoms with van der Waals surface area (Å²) in [6.45, 7) is 1.25. The molecule has 0 spiro atoms. The number of hydrogen-bond donors (Lipinski definition) is 1. The Morgan fingerprint density at radius 2 is 1.53 bits per heavy atom. The van der Waals surface area contributed by atoms with Gasteiger partial charge in [-0.05, 0) is 12.8 Å². The summed E-state index contributed by atoms with van der Waals surface area (Å²) in [6, 6.07) is 1.13. The van der Waals surface area contributed by atoms with Crippen molar-refractivity contribution in [3.05, 3.63) is 29.6 Å². The lowest BCUT2D eigenvalue weighted by Gasteiger charge is -2.20. The molecule has 6 heteroatoms. The van der Waals surface area contributed by atoms with E-state index in [9.17, 15) is 18.0 Å². The van der Waals surface area contributed by atoms with Gasteiger partial charge in [0.2, 0.25) is 0 Å². The minimum Gasteiger partial charge on any atom is -0.325 e. The van der Waals surface area contributed by atoms with Gasteiger partial charge in [-0.15, -0.1) is 0 Å². The van der Waals surface area contributed by atoms with Crippen molar-refractivity contribution in [1.29, 1.82) is 0 Å². The summed E-state index contributed by atoms with van der Waals surface area (Å²) in [7, 11) is 0. The molecule has 0 unspecified atom stereocenters. The average Bonchev–Trinajstić information content (AvgIpc) is 2.64. The second-order valence-corrected chi connectivity index (χ2v) is 4.59. The minimum atomic E-state index is -1.53. The van der Waals surface area contributed by atoms with Gasteiger partial charge >= 0.3 is 6.03 Å². The Labute approximate surface area is 109 Å². The molecule has 19 heavy (non-hydrogen) atoms. The second kappa shape index (κ2) is 5.95. The van der Waals surface area contributed by atoms with Crippen LogP contribution in [0.2, 0.25) is 0 Å². The molecule has 1 heterocycles. The van der Waals surface area contributed by atoms with E-state index in [-0.39, 0.29) is 5.69 Å². The Balaban J connectivity index is 2.05. The number of anilines is 1. The van der Waals surface area contributed by atoms with Gasteiger partial charge in [0.15, 0.2) is 17.5 Å². The van der Waals surface area contributed by atoms with E-state index in [4.69, 9.17) is 0 Å². The second-order valence-electron chi connectivity index (χ2n) is 4.59. The molecule has 0 saturated carbocycles. The van der Waals surface area contributed by atoms with Crippen molar-refractivity contribution in [2.75, 3.05) is 18.4 Å². The van der Waals surface area contributed by atoms with Crippen molar-refractivity contribution < 1.29 is 18.0 Å². The van der Waals surface area contributed by atoms with Crippen LogP contribution in [-0.2, 0) is 0 Å². The molecule has 1 N–H and O–H groups in total. The topological polar surface area (TPSA) is 32.3 Å². The third-order valence-electron chi connectivity index (χ3n) is 3.13. The Bertz CT molecular complexity index is 448. The average molecular weight is 272 g/mol. The molecular weight excluding hydrogens is 257 g/mol. The van der Waals surface area contributed by atoms with Crippen LogP contribution in [0.15, 0.2) is 12.1 Å². The van der Waals surface area contributed by atoms with Crippen molar-refractivity contribution in [2.24, 2.45) is 0 Å². The van der Waals surface area contributed by atoms with E-state index >= 15 is 0 Å². The van der Waals surface area contributed by atoms with Crippen molar-refractivity contribution in [1.82, 2.24) is 4.90 Å². The highest BCUT2D eigenvalue weighted by Crippen LogP contribution is 2.18. The maximum atomic E-state index is 13.0. The van der Waals surface area contributed by atoms with Crippen molar-refractivity contribution >= 4 is 11.7 Å². The standard InChI is InChI=1S/C13H15F3N2O/c14-10-7-9(8-11(15)12(10)16)17-13(19)18-5-3-1-2-4-6-18/h7-8H,1-6H2,(H,17,19). The van der Waals surface area contributed by atoms with Gasteiger partial charge in [0, 0.05) is 30.9 Å². The highest BCUT2D eigenvalue weighted by atomic mass is 19.2. The van der Waals surface area contributed by atoms with Gasteiger partial charge in [-0.3, -0.25) is 0 Å². The molecule has 0 aromatic heterocycles. The van der Waals surface area contributed by atoms with E-state index in [0.717, 1.165) is 37.8 Å². The smallest absolute Gasteiger partial charge is 0.321 e. The van der Waals surface area contributed by atoms with Gasteiger partial charge < -0.3 is 10.2 Å². The van der Waals surface area contributed by atoms with E-state index in [2.05, 4.69) is 5.32 Å². The summed E-state index contributed by atoms with van der Waals surface area (Å²) < 4.78 is 38.8. The number of amides is 2. The monoisotopic (exact) mass is 272 g/mol. The molecule has 2 rings (SSSR count). The van der Waals surface area contributed by atoms with Crippen LogP contribution in [0.3, 0.4) is 0 Å². The predicted octanol–water partition coefficient (Wildman–Crippen LogP) is 3.51. The van der Waals surface area contributed by atoms with Crippen LogP contribution in [0.25, 0.3) is 0 Å². The minimum absolute atomic E-state index is 0.0781. The summed E-state index contributed by atoms with van der Waals surface area (Å²) in [4.78, 5) is 13.5. The number of hydrogen-bond acceptors (Lipinski definition) is 1. The number of carbonyl (C=O) groups is 1. The lowest BCUT2D eigenvalue weighted by molar-refractivity contribution is 0.213. The zero-order valence-corrected chi connectivity index (χ0v) is 10.4. The summed E-state index contributed by atoms with van der Waals surface area (Å²) in [6.07, 6.45) is 3.98. The first-order valence-electron chi connectivity index (χ1n) is 6.28. The summed E-state index contributed by atoms with van der Waals surface area (Å²) >= 11 is 0. The van der Waals surface area contributed by atoms with Gasteiger partial charge in [-0.25, -0.2) is 18.0 Å². The third kappa shape index (κ3) is 3.39. The molecule has 1 aromatic carbocycles. The number of likely N-dealkylation sites (tertiary alicyclic amines) is 1. The normalized spacial score (nSPS) is 16.1. The van der Waals surface area contributed by atoms with Gasteiger partial charge in [0.05, 0.1) is 0 Å². The molecule has 0 aliphatic carbocycles. The third-order valence-corrected chi connectivity index (χ3v) is 3.13. The maximum Gasteiger partial charge on any atom is 0.321 e. The SMILES string of the molecule is O=C(Nc1cc(F)c(F)c(F)c1)N1CCCCCC1. The van der Waals surface area contributed by atoms with E-state index in [1.54, 1.807) is 4.90 Å².